The van der Waals surface area contributed by atoms with E-state index in [0.29, 0.717) is 5.57 Å². The Labute approximate surface area is 110 Å². The standard InChI is InChI=1S/C11H20O8/c1-6(2)7(3)9(12)19-5-4-8(10(13,14)15)11(16,17)18/h8,13-18H,4-5H2,1-3H3. The smallest absolute Gasteiger partial charge is 0.333 e. The number of carbonyl (C=O) groups is 1. The maximum Gasteiger partial charge on any atom is 0.333 e. The minimum absolute atomic E-state index is 0.350. The third-order valence-electron chi connectivity index (χ3n) is 2.63. The van der Waals surface area contributed by atoms with Crippen LogP contribution in [0.4, 0.5) is 0 Å². The quantitative estimate of drug-likeness (QED) is 0.189. The van der Waals surface area contributed by atoms with Gasteiger partial charge in [0.2, 0.25) is 0 Å². The van der Waals surface area contributed by atoms with Gasteiger partial charge in [-0.3, -0.25) is 0 Å². The van der Waals surface area contributed by atoms with Gasteiger partial charge in [0.05, 0.1) is 6.61 Å². The molecule has 0 radical (unpaired) electrons. The van der Waals surface area contributed by atoms with E-state index in [1.165, 1.54) is 6.92 Å². The van der Waals surface area contributed by atoms with Crippen molar-refractivity contribution in [2.75, 3.05) is 6.61 Å². The first-order chi connectivity index (χ1) is 8.37. The van der Waals surface area contributed by atoms with Crippen molar-refractivity contribution in [3.8, 4) is 0 Å². The summed E-state index contributed by atoms with van der Waals surface area (Å²) in [6, 6.07) is 0. The van der Waals surface area contributed by atoms with E-state index >= 15 is 0 Å². The molecule has 0 bridgehead atoms. The first kappa shape index (κ1) is 18.0. The lowest BCUT2D eigenvalue weighted by molar-refractivity contribution is -0.440. The third kappa shape index (κ3) is 6.10. The molecule has 19 heavy (non-hydrogen) atoms. The molecule has 0 aromatic heterocycles. The molecule has 0 rings (SSSR count). The van der Waals surface area contributed by atoms with E-state index < -0.39 is 36.9 Å². The molecule has 8 nitrogen and oxygen atoms in total. The minimum atomic E-state index is -3.53. The van der Waals surface area contributed by atoms with E-state index in [9.17, 15) is 4.79 Å². The SMILES string of the molecule is CC(C)=C(C)C(=O)OCCC(C(O)(O)O)C(O)(O)O. The zero-order valence-electron chi connectivity index (χ0n) is 11.0. The van der Waals surface area contributed by atoms with Gasteiger partial charge in [0, 0.05) is 5.57 Å². The zero-order chi connectivity index (χ0) is 15.4. The highest BCUT2D eigenvalue weighted by atomic mass is 16.7. The summed E-state index contributed by atoms with van der Waals surface area (Å²) in [5.41, 5.74) is 1.08. The van der Waals surface area contributed by atoms with Crippen molar-refractivity contribution in [3.63, 3.8) is 0 Å². The normalized spacial score (nSPS) is 12.5. The van der Waals surface area contributed by atoms with Gasteiger partial charge in [0.1, 0.15) is 5.92 Å². The number of ether oxygens (including phenoxy) is 1. The Morgan fingerprint density at radius 1 is 1.00 bits per heavy atom. The Hall–Kier alpha value is -1.03. The maximum atomic E-state index is 11.4. The molecule has 0 saturated carbocycles. The van der Waals surface area contributed by atoms with Crippen molar-refractivity contribution in [2.45, 2.75) is 39.1 Å². The number of hydrogen-bond acceptors (Lipinski definition) is 8. The fraction of sp³-hybridized carbons (Fsp3) is 0.727. The molecule has 0 atom stereocenters. The average molecular weight is 280 g/mol. The van der Waals surface area contributed by atoms with Crippen LogP contribution in [-0.2, 0) is 9.53 Å². The highest BCUT2D eigenvalue weighted by Crippen LogP contribution is 2.25. The second kappa shape index (κ2) is 6.42. The van der Waals surface area contributed by atoms with Crippen LogP contribution in [0.3, 0.4) is 0 Å². The third-order valence-corrected chi connectivity index (χ3v) is 2.63. The summed E-state index contributed by atoms with van der Waals surface area (Å²) in [4.78, 5) is 11.4. The summed E-state index contributed by atoms with van der Waals surface area (Å²) in [6.07, 6.45) is -0.589. The summed E-state index contributed by atoms with van der Waals surface area (Å²) >= 11 is 0. The Bertz CT molecular complexity index is 329. The van der Waals surface area contributed by atoms with Crippen LogP contribution in [0.1, 0.15) is 27.2 Å². The van der Waals surface area contributed by atoms with Crippen molar-refractivity contribution in [2.24, 2.45) is 5.92 Å². The molecule has 0 aromatic rings. The topological polar surface area (TPSA) is 148 Å². The predicted octanol–water partition coefficient (Wildman–Crippen LogP) is -1.85. The van der Waals surface area contributed by atoms with Crippen LogP contribution in [0.25, 0.3) is 0 Å². The Balaban J connectivity index is 4.54. The fourth-order valence-corrected chi connectivity index (χ4v) is 1.23. The van der Waals surface area contributed by atoms with Crippen LogP contribution in [0.2, 0.25) is 0 Å². The van der Waals surface area contributed by atoms with Crippen LogP contribution < -0.4 is 0 Å². The second-order valence-electron chi connectivity index (χ2n) is 4.48. The van der Waals surface area contributed by atoms with Crippen LogP contribution in [0.15, 0.2) is 11.1 Å². The molecular formula is C11H20O8. The first-order valence-corrected chi connectivity index (χ1v) is 5.52. The highest BCUT2D eigenvalue weighted by Gasteiger charge is 2.46. The van der Waals surface area contributed by atoms with Gasteiger partial charge in [-0.15, -0.1) is 0 Å². The molecular weight excluding hydrogens is 260 g/mol. The van der Waals surface area contributed by atoms with E-state index in [1.54, 1.807) is 13.8 Å². The van der Waals surface area contributed by atoms with Crippen molar-refractivity contribution < 1.29 is 40.2 Å². The van der Waals surface area contributed by atoms with Gasteiger partial charge < -0.3 is 35.4 Å². The van der Waals surface area contributed by atoms with Gasteiger partial charge in [-0.05, 0) is 27.2 Å². The van der Waals surface area contributed by atoms with Crippen LogP contribution in [0, 0.1) is 5.92 Å². The lowest BCUT2D eigenvalue weighted by Gasteiger charge is -2.31. The largest absolute Gasteiger partial charge is 0.462 e. The van der Waals surface area contributed by atoms with Gasteiger partial charge in [0.25, 0.3) is 11.9 Å². The van der Waals surface area contributed by atoms with Gasteiger partial charge >= 0.3 is 5.97 Å². The molecule has 0 amide bonds. The van der Waals surface area contributed by atoms with E-state index in [1.807, 2.05) is 0 Å². The van der Waals surface area contributed by atoms with E-state index in [0.717, 1.165) is 5.57 Å². The molecule has 0 aromatic carbocycles. The molecule has 0 spiro atoms. The molecule has 0 aliphatic rings. The maximum absolute atomic E-state index is 11.4. The number of rotatable bonds is 6. The summed E-state index contributed by atoms with van der Waals surface area (Å²) in [5.74, 6) is -9.88. The summed E-state index contributed by atoms with van der Waals surface area (Å²) in [7, 11) is 0. The van der Waals surface area contributed by atoms with Gasteiger partial charge in [-0.25, -0.2) is 4.79 Å². The molecule has 112 valence electrons. The minimum Gasteiger partial charge on any atom is -0.462 e. The number of aliphatic hydroxyl groups is 6. The van der Waals surface area contributed by atoms with E-state index in [2.05, 4.69) is 0 Å². The number of carbonyl (C=O) groups excluding carboxylic acids is 1. The Kier molecular flexibility index (Phi) is 6.07. The van der Waals surface area contributed by atoms with Gasteiger partial charge in [-0.1, -0.05) is 5.57 Å². The molecule has 0 fully saturated rings. The Morgan fingerprint density at radius 2 is 1.42 bits per heavy atom. The van der Waals surface area contributed by atoms with Crippen LogP contribution >= 0.6 is 0 Å². The molecule has 0 aliphatic carbocycles. The number of allylic oxidation sites excluding steroid dienone is 1. The van der Waals surface area contributed by atoms with E-state index in [4.69, 9.17) is 35.4 Å². The molecule has 0 heterocycles. The van der Waals surface area contributed by atoms with Crippen LogP contribution in [-0.4, -0.2) is 55.2 Å². The van der Waals surface area contributed by atoms with Crippen molar-refractivity contribution in [3.05, 3.63) is 11.1 Å². The highest BCUT2D eigenvalue weighted by molar-refractivity contribution is 5.88. The zero-order valence-corrected chi connectivity index (χ0v) is 11.0. The Morgan fingerprint density at radius 3 is 1.74 bits per heavy atom. The van der Waals surface area contributed by atoms with Gasteiger partial charge in [-0.2, -0.15) is 0 Å². The average Bonchev–Trinajstić information content (AvgIpc) is 2.18. The van der Waals surface area contributed by atoms with Gasteiger partial charge in [0.15, 0.2) is 0 Å². The van der Waals surface area contributed by atoms with Crippen molar-refractivity contribution in [1.29, 1.82) is 0 Å². The van der Waals surface area contributed by atoms with Crippen LogP contribution in [0.5, 0.6) is 0 Å². The van der Waals surface area contributed by atoms with E-state index in [-0.39, 0.29) is 0 Å². The molecule has 8 heteroatoms. The monoisotopic (exact) mass is 280 g/mol. The van der Waals surface area contributed by atoms with Crippen molar-refractivity contribution >= 4 is 5.97 Å². The summed E-state index contributed by atoms with van der Waals surface area (Å²) < 4.78 is 4.72. The molecule has 6 N–H and O–H groups in total. The number of hydrogen-bond donors (Lipinski definition) is 6. The lowest BCUT2D eigenvalue weighted by atomic mass is 10.0. The molecule has 0 unspecified atom stereocenters. The van der Waals surface area contributed by atoms with Crippen molar-refractivity contribution in [1.82, 2.24) is 0 Å². The summed E-state index contributed by atoms with van der Waals surface area (Å²) in [5, 5.41) is 53.1. The lowest BCUT2D eigenvalue weighted by Crippen LogP contribution is -2.52. The first-order valence-electron chi connectivity index (χ1n) is 5.52. The predicted molar refractivity (Wildman–Crippen MR) is 61.9 cm³/mol. The summed E-state index contributed by atoms with van der Waals surface area (Å²) in [6.45, 7) is 4.46. The number of esters is 1. The fourth-order valence-electron chi connectivity index (χ4n) is 1.23. The molecule has 0 aliphatic heterocycles. The molecule has 0 saturated heterocycles. The second-order valence-corrected chi connectivity index (χ2v) is 4.48.